The monoisotopic (exact) mass is 212 g/mol. The lowest BCUT2D eigenvalue weighted by Crippen LogP contribution is -2.07. The molecule has 0 aliphatic heterocycles. The van der Waals surface area contributed by atoms with Gasteiger partial charge in [0.1, 0.15) is 6.67 Å². The molecule has 0 aliphatic carbocycles. The zero-order chi connectivity index (χ0) is 11.3. The smallest absolute Gasteiger partial charge is 0.337 e. The summed E-state index contributed by atoms with van der Waals surface area (Å²) in [6, 6.07) is 4.69. The predicted octanol–water partition coefficient (Wildman–Crippen LogP) is 1.44. The summed E-state index contributed by atoms with van der Waals surface area (Å²) in [5.74, 6) is -0.446. The summed E-state index contributed by atoms with van der Waals surface area (Å²) in [6.07, 6.45) is 0. The largest absolute Gasteiger partial charge is 0.465 e. The van der Waals surface area contributed by atoms with Crippen molar-refractivity contribution in [3.05, 3.63) is 23.8 Å². The number of benzene rings is 1. The van der Waals surface area contributed by atoms with Gasteiger partial charge in [-0.05, 0) is 18.2 Å². The number of nitrogens with two attached hydrogens (primary N) is 1. The molecule has 0 fully saturated rings. The van der Waals surface area contributed by atoms with Crippen molar-refractivity contribution in [2.45, 2.75) is 0 Å². The fraction of sp³-hybridized carbons (Fsp3) is 0.300. The highest BCUT2D eigenvalue weighted by molar-refractivity contribution is 5.91. The number of rotatable bonds is 4. The van der Waals surface area contributed by atoms with Crippen LogP contribution in [-0.4, -0.2) is 26.3 Å². The summed E-state index contributed by atoms with van der Waals surface area (Å²) in [7, 11) is 1.30. The normalized spacial score (nSPS) is 9.73. The van der Waals surface area contributed by atoms with Crippen molar-refractivity contribution in [3.63, 3.8) is 0 Å². The van der Waals surface area contributed by atoms with Crippen LogP contribution in [-0.2, 0) is 4.74 Å². The average Bonchev–Trinajstić information content (AvgIpc) is 2.26. The Morgan fingerprint density at radius 2 is 2.33 bits per heavy atom. The summed E-state index contributed by atoms with van der Waals surface area (Å²) >= 11 is 0. The number of ether oxygens (including phenoxy) is 1. The fourth-order valence-corrected chi connectivity index (χ4v) is 1.15. The van der Waals surface area contributed by atoms with Crippen LogP contribution >= 0.6 is 0 Å². The zero-order valence-corrected chi connectivity index (χ0v) is 8.42. The van der Waals surface area contributed by atoms with Gasteiger partial charge in [-0.15, -0.1) is 0 Å². The van der Waals surface area contributed by atoms with E-state index in [1.165, 1.54) is 13.2 Å². The summed E-state index contributed by atoms with van der Waals surface area (Å²) in [6.45, 7) is -0.278. The van der Waals surface area contributed by atoms with Crippen LogP contribution in [0.15, 0.2) is 18.2 Å². The zero-order valence-electron chi connectivity index (χ0n) is 8.42. The van der Waals surface area contributed by atoms with Crippen LogP contribution in [0.5, 0.6) is 0 Å². The van der Waals surface area contributed by atoms with Gasteiger partial charge in [0.05, 0.1) is 24.0 Å². The molecule has 0 spiro atoms. The second-order valence-corrected chi connectivity index (χ2v) is 2.91. The van der Waals surface area contributed by atoms with Crippen molar-refractivity contribution in [3.8, 4) is 0 Å². The van der Waals surface area contributed by atoms with Gasteiger partial charge < -0.3 is 15.8 Å². The summed E-state index contributed by atoms with van der Waals surface area (Å²) in [4.78, 5) is 11.1. The molecule has 0 atom stereocenters. The summed E-state index contributed by atoms with van der Waals surface area (Å²) in [5.41, 5.74) is 7.04. The first-order valence-electron chi connectivity index (χ1n) is 4.46. The third kappa shape index (κ3) is 2.83. The van der Waals surface area contributed by atoms with Crippen LogP contribution < -0.4 is 11.1 Å². The fourth-order valence-electron chi connectivity index (χ4n) is 1.15. The molecular weight excluding hydrogens is 199 g/mol. The van der Waals surface area contributed by atoms with Crippen LogP contribution in [0.25, 0.3) is 0 Å². The van der Waals surface area contributed by atoms with E-state index in [0.717, 1.165) is 0 Å². The Bertz CT molecular complexity index is 355. The molecule has 82 valence electrons. The van der Waals surface area contributed by atoms with Gasteiger partial charge in [0, 0.05) is 6.54 Å². The molecule has 1 rings (SSSR count). The highest BCUT2D eigenvalue weighted by atomic mass is 19.1. The number of alkyl halides is 1. The minimum Gasteiger partial charge on any atom is -0.465 e. The third-order valence-corrected chi connectivity index (χ3v) is 1.88. The number of anilines is 2. The first kappa shape index (κ1) is 11.3. The van der Waals surface area contributed by atoms with Crippen molar-refractivity contribution >= 4 is 17.3 Å². The second kappa shape index (κ2) is 5.19. The van der Waals surface area contributed by atoms with E-state index in [1.807, 2.05) is 0 Å². The number of carbonyl (C=O) groups is 1. The molecule has 0 unspecified atom stereocenters. The molecule has 0 radical (unpaired) electrons. The third-order valence-electron chi connectivity index (χ3n) is 1.88. The lowest BCUT2D eigenvalue weighted by atomic mass is 10.1. The van der Waals surface area contributed by atoms with Crippen LogP contribution in [0.3, 0.4) is 0 Å². The van der Waals surface area contributed by atoms with E-state index in [4.69, 9.17) is 5.73 Å². The maximum Gasteiger partial charge on any atom is 0.337 e. The second-order valence-electron chi connectivity index (χ2n) is 2.91. The molecule has 15 heavy (non-hydrogen) atoms. The van der Waals surface area contributed by atoms with Crippen molar-refractivity contribution in [1.29, 1.82) is 0 Å². The molecule has 0 amide bonds. The van der Waals surface area contributed by atoms with Gasteiger partial charge in [0.25, 0.3) is 0 Å². The molecule has 5 heteroatoms. The summed E-state index contributed by atoms with van der Waals surface area (Å²) < 4.78 is 16.4. The van der Waals surface area contributed by atoms with Crippen LogP contribution in [0, 0.1) is 0 Å². The Labute approximate surface area is 87.2 Å². The average molecular weight is 212 g/mol. The lowest BCUT2D eigenvalue weighted by molar-refractivity contribution is 0.0601. The van der Waals surface area contributed by atoms with E-state index in [0.29, 0.717) is 16.9 Å². The van der Waals surface area contributed by atoms with Gasteiger partial charge >= 0.3 is 5.97 Å². The van der Waals surface area contributed by atoms with Crippen molar-refractivity contribution < 1.29 is 13.9 Å². The molecule has 0 saturated carbocycles. The Kier molecular flexibility index (Phi) is 3.91. The maximum absolute atomic E-state index is 11.9. The van der Waals surface area contributed by atoms with E-state index in [-0.39, 0.29) is 6.54 Å². The number of nitrogen functional groups attached to an aromatic ring is 1. The van der Waals surface area contributed by atoms with Crippen molar-refractivity contribution in [1.82, 2.24) is 0 Å². The molecule has 3 N–H and O–H groups in total. The number of carbonyl (C=O) groups excluding carboxylic acids is 1. The van der Waals surface area contributed by atoms with E-state index < -0.39 is 12.6 Å². The number of hydrogen-bond donors (Lipinski definition) is 2. The molecule has 0 aromatic heterocycles. The van der Waals surface area contributed by atoms with Gasteiger partial charge in [-0.3, -0.25) is 0 Å². The van der Waals surface area contributed by atoms with Gasteiger partial charge in [-0.25, -0.2) is 9.18 Å². The number of nitrogens with one attached hydrogen (secondary N) is 1. The SMILES string of the molecule is COC(=O)c1ccc(NCCF)c(N)c1. The van der Waals surface area contributed by atoms with Crippen LogP contribution in [0.2, 0.25) is 0 Å². The number of methoxy groups -OCH3 is 1. The summed E-state index contributed by atoms with van der Waals surface area (Å²) in [5, 5.41) is 2.79. The highest BCUT2D eigenvalue weighted by Crippen LogP contribution is 2.19. The Balaban J connectivity index is 2.83. The Hall–Kier alpha value is -1.78. The molecular formula is C10H13FN2O2. The number of hydrogen-bond acceptors (Lipinski definition) is 4. The van der Waals surface area contributed by atoms with E-state index in [1.54, 1.807) is 12.1 Å². The van der Waals surface area contributed by atoms with Gasteiger partial charge in [0.2, 0.25) is 0 Å². The minimum absolute atomic E-state index is 0.196. The first-order chi connectivity index (χ1) is 7.19. The topological polar surface area (TPSA) is 64.3 Å². The first-order valence-corrected chi connectivity index (χ1v) is 4.46. The van der Waals surface area contributed by atoms with Crippen LogP contribution in [0.1, 0.15) is 10.4 Å². The molecule has 4 nitrogen and oxygen atoms in total. The standard InChI is InChI=1S/C10H13FN2O2/c1-15-10(14)7-2-3-9(8(12)6-7)13-5-4-11/h2-3,6,13H,4-5,12H2,1H3. The molecule has 1 aromatic carbocycles. The number of halogens is 1. The van der Waals surface area contributed by atoms with E-state index >= 15 is 0 Å². The van der Waals surface area contributed by atoms with Crippen molar-refractivity contribution in [2.75, 3.05) is 31.4 Å². The van der Waals surface area contributed by atoms with Gasteiger partial charge in [0.15, 0.2) is 0 Å². The molecule has 0 aliphatic rings. The number of esters is 1. The van der Waals surface area contributed by atoms with Crippen LogP contribution in [0.4, 0.5) is 15.8 Å². The quantitative estimate of drug-likeness (QED) is 0.585. The molecule has 0 bridgehead atoms. The van der Waals surface area contributed by atoms with E-state index in [9.17, 15) is 9.18 Å². The molecule has 0 saturated heterocycles. The van der Waals surface area contributed by atoms with E-state index in [2.05, 4.69) is 10.1 Å². The maximum atomic E-state index is 11.9. The van der Waals surface area contributed by atoms with Gasteiger partial charge in [-0.1, -0.05) is 0 Å². The van der Waals surface area contributed by atoms with Crippen molar-refractivity contribution in [2.24, 2.45) is 0 Å². The Morgan fingerprint density at radius 3 is 2.87 bits per heavy atom. The lowest BCUT2D eigenvalue weighted by Gasteiger charge is -2.08. The Morgan fingerprint density at radius 1 is 1.60 bits per heavy atom. The molecule has 1 aromatic rings. The highest BCUT2D eigenvalue weighted by Gasteiger charge is 2.07. The molecule has 0 heterocycles. The van der Waals surface area contributed by atoms with Gasteiger partial charge in [-0.2, -0.15) is 0 Å². The minimum atomic E-state index is -0.474. The predicted molar refractivity (Wildman–Crippen MR) is 56.7 cm³/mol.